The van der Waals surface area contributed by atoms with Gasteiger partial charge in [0.15, 0.2) is 0 Å². The zero-order valence-electron chi connectivity index (χ0n) is 15.7. The van der Waals surface area contributed by atoms with Crippen LogP contribution in [0.3, 0.4) is 0 Å². The van der Waals surface area contributed by atoms with E-state index in [4.69, 9.17) is 0 Å². The standard InChI is InChI=1S/C21H30N2O2/c1-20(2,3)16-10-6-7-11-17(16)22-18(24)21(12-13-21)19(25)23-14-8-4-5-9-15-23/h6-7,10-11H,4-5,8-9,12-15H2,1-3H3,(H,22,24). The number of nitrogens with zero attached hydrogens (tertiary/aromatic N) is 1. The number of hydrogen-bond donors (Lipinski definition) is 1. The van der Waals surface area contributed by atoms with E-state index in [0.717, 1.165) is 37.2 Å². The molecule has 1 heterocycles. The number of carbonyl (C=O) groups excluding carboxylic acids is 2. The average Bonchev–Trinajstić information content (AvgIpc) is 3.39. The molecule has 25 heavy (non-hydrogen) atoms. The Morgan fingerprint density at radius 2 is 1.60 bits per heavy atom. The number of nitrogens with one attached hydrogen (secondary N) is 1. The van der Waals surface area contributed by atoms with E-state index in [-0.39, 0.29) is 17.2 Å². The predicted octanol–water partition coefficient (Wildman–Crippen LogP) is 4.11. The molecule has 1 saturated heterocycles. The van der Waals surface area contributed by atoms with Gasteiger partial charge < -0.3 is 10.2 Å². The molecule has 0 aromatic heterocycles. The molecule has 2 aliphatic rings. The highest BCUT2D eigenvalue weighted by molar-refractivity contribution is 6.13. The zero-order valence-corrected chi connectivity index (χ0v) is 15.7. The van der Waals surface area contributed by atoms with Gasteiger partial charge in [-0.05, 0) is 42.7 Å². The van der Waals surface area contributed by atoms with Crippen LogP contribution in [0.25, 0.3) is 0 Å². The molecule has 0 spiro atoms. The lowest BCUT2D eigenvalue weighted by Gasteiger charge is -2.27. The second-order valence-corrected chi connectivity index (χ2v) is 8.54. The molecule has 1 saturated carbocycles. The van der Waals surface area contributed by atoms with Crippen molar-refractivity contribution in [3.05, 3.63) is 29.8 Å². The fourth-order valence-corrected chi connectivity index (χ4v) is 3.73. The summed E-state index contributed by atoms with van der Waals surface area (Å²) in [6, 6.07) is 7.91. The fraction of sp³-hybridized carbons (Fsp3) is 0.619. The van der Waals surface area contributed by atoms with Gasteiger partial charge >= 0.3 is 0 Å². The van der Waals surface area contributed by atoms with Crippen molar-refractivity contribution in [2.75, 3.05) is 18.4 Å². The molecule has 2 amide bonds. The molecule has 0 atom stereocenters. The smallest absolute Gasteiger partial charge is 0.240 e. The first-order valence-corrected chi connectivity index (χ1v) is 9.55. The molecule has 0 bridgehead atoms. The zero-order chi connectivity index (χ0) is 18.1. The third-order valence-corrected chi connectivity index (χ3v) is 5.47. The van der Waals surface area contributed by atoms with Crippen LogP contribution in [0.2, 0.25) is 0 Å². The Bertz CT molecular complexity index is 648. The minimum atomic E-state index is -0.824. The normalized spacial score (nSPS) is 19.9. The molecule has 2 fully saturated rings. The van der Waals surface area contributed by atoms with Gasteiger partial charge in [0, 0.05) is 18.8 Å². The summed E-state index contributed by atoms with van der Waals surface area (Å²) in [5, 5.41) is 3.07. The number of benzene rings is 1. The summed E-state index contributed by atoms with van der Waals surface area (Å²) in [5.41, 5.74) is 1.04. The van der Waals surface area contributed by atoms with E-state index in [1.165, 1.54) is 12.8 Å². The van der Waals surface area contributed by atoms with E-state index in [2.05, 4.69) is 26.1 Å². The van der Waals surface area contributed by atoms with Crippen molar-refractivity contribution < 1.29 is 9.59 Å². The first-order chi connectivity index (χ1) is 11.8. The lowest BCUT2D eigenvalue weighted by atomic mass is 9.85. The maximum absolute atomic E-state index is 13.0. The van der Waals surface area contributed by atoms with Crippen LogP contribution in [0.15, 0.2) is 24.3 Å². The van der Waals surface area contributed by atoms with Crippen LogP contribution in [0.1, 0.15) is 64.9 Å². The maximum Gasteiger partial charge on any atom is 0.240 e. The van der Waals surface area contributed by atoms with Crippen molar-refractivity contribution >= 4 is 17.5 Å². The highest BCUT2D eigenvalue weighted by Gasteiger charge is 2.58. The molecule has 1 N–H and O–H groups in total. The quantitative estimate of drug-likeness (QED) is 0.841. The first kappa shape index (κ1) is 18.0. The van der Waals surface area contributed by atoms with Crippen molar-refractivity contribution in [1.82, 2.24) is 4.90 Å². The Balaban J connectivity index is 1.76. The Morgan fingerprint density at radius 3 is 2.16 bits per heavy atom. The number of likely N-dealkylation sites (tertiary alicyclic amines) is 1. The molecule has 4 nitrogen and oxygen atoms in total. The van der Waals surface area contributed by atoms with Crippen LogP contribution < -0.4 is 5.32 Å². The number of hydrogen-bond acceptors (Lipinski definition) is 2. The van der Waals surface area contributed by atoms with Gasteiger partial charge in [-0.15, -0.1) is 0 Å². The summed E-state index contributed by atoms with van der Waals surface area (Å²) in [5.74, 6) is -0.0846. The molecule has 4 heteroatoms. The van der Waals surface area contributed by atoms with E-state index in [1.807, 2.05) is 29.2 Å². The number of amides is 2. The fourth-order valence-electron chi connectivity index (χ4n) is 3.73. The topological polar surface area (TPSA) is 49.4 Å². The van der Waals surface area contributed by atoms with Crippen LogP contribution in [-0.4, -0.2) is 29.8 Å². The van der Waals surface area contributed by atoms with Gasteiger partial charge in [0.25, 0.3) is 0 Å². The summed E-state index contributed by atoms with van der Waals surface area (Å²) >= 11 is 0. The highest BCUT2D eigenvalue weighted by atomic mass is 16.2. The third kappa shape index (κ3) is 3.73. The Hall–Kier alpha value is -1.84. The average molecular weight is 342 g/mol. The van der Waals surface area contributed by atoms with Crippen molar-refractivity contribution in [2.24, 2.45) is 5.41 Å². The molecular weight excluding hydrogens is 312 g/mol. The molecule has 0 unspecified atom stereocenters. The molecule has 1 aliphatic heterocycles. The van der Waals surface area contributed by atoms with Crippen molar-refractivity contribution in [2.45, 2.75) is 64.7 Å². The van der Waals surface area contributed by atoms with Crippen LogP contribution >= 0.6 is 0 Å². The first-order valence-electron chi connectivity index (χ1n) is 9.55. The van der Waals surface area contributed by atoms with Gasteiger partial charge in [0.05, 0.1) is 0 Å². The molecule has 136 valence electrons. The minimum Gasteiger partial charge on any atom is -0.342 e. The lowest BCUT2D eigenvalue weighted by Crippen LogP contribution is -2.43. The minimum absolute atomic E-state index is 0.0418. The summed E-state index contributed by atoms with van der Waals surface area (Å²) in [6.07, 6.45) is 5.81. The molecule has 0 radical (unpaired) electrons. The monoisotopic (exact) mass is 342 g/mol. The van der Waals surface area contributed by atoms with Gasteiger partial charge in [-0.1, -0.05) is 51.8 Å². The van der Waals surface area contributed by atoms with Crippen LogP contribution in [0.4, 0.5) is 5.69 Å². The van der Waals surface area contributed by atoms with Gasteiger partial charge in [-0.2, -0.15) is 0 Å². The highest BCUT2D eigenvalue weighted by Crippen LogP contribution is 2.48. The SMILES string of the molecule is CC(C)(C)c1ccccc1NC(=O)C1(C(=O)N2CCCCCC2)CC1. The second kappa shape index (κ2) is 6.81. The predicted molar refractivity (Wildman–Crippen MR) is 100 cm³/mol. The van der Waals surface area contributed by atoms with Crippen molar-refractivity contribution in [1.29, 1.82) is 0 Å². The lowest BCUT2D eigenvalue weighted by molar-refractivity contribution is -0.142. The van der Waals surface area contributed by atoms with E-state index >= 15 is 0 Å². The largest absolute Gasteiger partial charge is 0.342 e. The Morgan fingerprint density at radius 1 is 1.00 bits per heavy atom. The van der Waals surface area contributed by atoms with E-state index < -0.39 is 5.41 Å². The van der Waals surface area contributed by atoms with Gasteiger partial charge in [0.2, 0.25) is 11.8 Å². The Labute approximate surface area is 151 Å². The van der Waals surface area contributed by atoms with E-state index in [9.17, 15) is 9.59 Å². The number of anilines is 1. The van der Waals surface area contributed by atoms with Gasteiger partial charge in [-0.3, -0.25) is 9.59 Å². The molecular formula is C21H30N2O2. The summed E-state index contributed by atoms with van der Waals surface area (Å²) in [4.78, 5) is 27.9. The third-order valence-electron chi connectivity index (χ3n) is 5.47. The van der Waals surface area contributed by atoms with Crippen LogP contribution in [-0.2, 0) is 15.0 Å². The number of carbonyl (C=O) groups is 2. The van der Waals surface area contributed by atoms with Crippen LogP contribution in [0, 0.1) is 5.41 Å². The second-order valence-electron chi connectivity index (χ2n) is 8.54. The van der Waals surface area contributed by atoms with E-state index in [0.29, 0.717) is 12.8 Å². The van der Waals surface area contributed by atoms with Gasteiger partial charge in [0.1, 0.15) is 5.41 Å². The molecule has 3 rings (SSSR count). The van der Waals surface area contributed by atoms with Crippen molar-refractivity contribution in [3.63, 3.8) is 0 Å². The maximum atomic E-state index is 13.0. The number of rotatable bonds is 3. The molecule has 1 aromatic rings. The molecule has 1 aromatic carbocycles. The number of para-hydroxylation sites is 1. The van der Waals surface area contributed by atoms with Crippen molar-refractivity contribution in [3.8, 4) is 0 Å². The Kier molecular flexibility index (Phi) is 4.90. The van der Waals surface area contributed by atoms with Gasteiger partial charge in [-0.25, -0.2) is 0 Å². The van der Waals surface area contributed by atoms with Crippen LogP contribution in [0.5, 0.6) is 0 Å². The summed E-state index contributed by atoms with van der Waals surface area (Å²) in [7, 11) is 0. The molecule has 1 aliphatic carbocycles. The van der Waals surface area contributed by atoms with E-state index in [1.54, 1.807) is 0 Å². The summed E-state index contributed by atoms with van der Waals surface area (Å²) < 4.78 is 0. The summed E-state index contributed by atoms with van der Waals surface area (Å²) in [6.45, 7) is 7.99.